The van der Waals surface area contributed by atoms with Crippen LogP contribution >= 0.6 is 0 Å². The van der Waals surface area contributed by atoms with Gasteiger partial charge in [0, 0.05) is 12.4 Å². The van der Waals surface area contributed by atoms with E-state index in [-0.39, 0.29) is 0 Å². The van der Waals surface area contributed by atoms with Gasteiger partial charge >= 0.3 is 0 Å². The van der Waals surface area contributed by atoms with Crippen LogP contribution in [0.15, 0.2) is 24.9 Å². The molecule has 0 radical (unpaired) electrons. The van der Waals surface area contributed by atoms with Gasteiger partial charge in [0.2, 0.25) is 0 Å². The Labute approximate surface area is 63.1 Å². The van der Waals surface area contributed by atoms with Crippen molar-refractivity contribution in [1.82, 2.24) is 25.0 Å². The van der Waals surface area contributed by atoms with Crippen LogP contribution < -0.4 is 0 Å². The molecule has 0 spiro atoms. The molecule has 2 rings (SSSR count). The molecule has 0 atom stereocenters. The van der Waals surface area contributed by atoms with Crippen molar-refractivity contribution in [2.45, 2.75) is 6.54 Å². The summed E-state index contributed by atoms with van der Waals surface area (Å²) in [6, 6.07) is 0. The van der Waals surface area contributed by atoms with Crippen LogP contribution in [-0.4, -0.2) is 25.0 Å². The third kappa shape index (κ3) is 1.26. The number of nitrogens with zero attached hydrogens (tertiary/aromatic N) is 4. The molecule has 0 bridgehead atoms. The third-order valence-corrected chi connectivity index (χ3v) is 1.36. The lowest BCUT2D eigenvalue weighted by Gasteiger charge is -1.93. The first-order chi connectivity index (χ1) is 5.45. The molecule has 1 N–H and O–H groups in total. The van der Waals surface area contributed by atoms with E-state index < -0.39 is 0 Å². The summed E-state index contributed by atoms with van der Waals surface area (Å²) >= 11 is 0. The molecule has 0 aromatic carbocycles. The molecule has 2 aromatic heterocycles. The summed E-state index contributed by atoms with van der Waals surface area (Å²) in [6.45, 7) is 0.694. The predicted octanol–water partition coefficient (Wildman–Crippen LogP) is 0.0495. The number of hydrogen-bond donors (Lipinski definition) is 1. The number of H-pyrrole nitrogens is 1. The number of rotatable bonds is 2. The zero-order chi connectivity index (χ0) is 7.52. The Hall–Kier alpha value is -1.65. The van der Waals surface area contributed by atoms with E-state index >= 15 is 0 Å². The zero-order valence-electron chi connectivity index (χ0n) is 5.81. The molecule has 5 nitrogen and oxygen atoms in total. The largest absolute Gasteiger partial charge is 0.347 e. The van der Waals surface area contributed by atoms with Crippen molar-refractivity contribution in [2.24, 2.45) is 0 Å². The van der Waals surface area contributed by atoms with E-state index in [1.165, 1.54) is 0 Å². The molecule has 5 heteroatoms. The summed E-state index contributed by atoms with van der Waals surface area (Å²) in [4.78, 5) is 6.86. The molecule has 0 fully saturated rings. The maximum Gasteiger partial charge on any atom is 0.0922 e. The first kappa shape index (κ1) is 6.09. The average Bonchev–Trinajstić information content (AvgIpc) is 2.60. The molecule has 11 heavy (non-hydrogen) atoms. The monoisotopic (exact) mass is 149 g/mol. The van der Waals surface area contributed by atoms with Crippen LogP contribution in [-0.2, 0) is 6.54 Å². The molecule has 0 aliphatic carbocycles. The first-order valence-electron chi connectivity index (χ1n) is 3.26. The molecule has 2 aromatic rings. The van der Waals surface area contributed by atoms with Gasteiger partial charge in [0.15, 0.2) is 0 Å². The zero-order valence-corrected chi connectivity index (χ0v) is 5.81. The van der Waals surface area contributed by atoms with Gasteiger partial charge in [-0.25, -0.2) is 9.67 Å². The van der Waals surface area contributed by atoms with E-state index in [1.54, 1.807) is 29.6 Å². The Bertz CT molecular complexity index is 263. The highest BCUT2D eigenvalue weighted by atomic mass is 15.4. The summed E-state index contributed by atoms with van der Waals surface area (Å²) in [5.41, 5.74) is 1.02. The molecule has 56 valence electrons. The molecule has 0 aliphatic rings. The molecular weight excluding hydrogens is 142 g/mol. The highest BCUT2D eigenvalue weighted by Crippen LogP contribution is 1.93. The highest BCUT2D eigenvalue weighted by Gasteiger charge is 1.94. The lowest BCUT2D eigenvalue weighted by Crippen LogP contribution is -2.00. The lowest BCUT2D eigenvalue weighted by molar-refractivity contribution is 0.640. The second-order valence-corrected chi connectivity index (χ2v) is 2.18. The molecule has 0 saturated heterocycles. The molecule has 0 aliphatic heterocycles. The molecule has 0 unspecified atom stereocenters. The van der Waals surface area contributed by atoms with Crippen LogP contribution in [0.1, 0.15) is 5.69 Å². The molecular formula is C6H7N5. The van der Waals surface area contributed by atoms with Crippen LogP contribution in [0.3, 0.4) is 0 Å². The van der Waals surface area contributed by atoms with E-state index in [9.17, 15) is 0 Å². The van der Waals surface area contributed by atoms with E-state index in [2.05, 4.69) is 20.3 Å². The average molecular weight is 149 g/mol. The topological polar surface area (TPSA) is 59.4 Å². The Morgan fingerprint density at radius 2 is 2.55 bits per heavy atom. The van der Waals surface area contributed by atoms with Crippen LogP contribution in [0.2, 0.25) is 0 Å². The standard InChI is InChI=1S/C6H7N5/c1-2-11(10-9-1)4-6-3-7-5-8-6/h1-3,5H,4H2,(H,7,8). The van der Waals surface area contributed by atoms with Crippen molar-refractivity contribution < 1.29 is 0 Å². The molecule has 0 amide bonds. The lowest BCUT2D eigenvalue weighted by atomic mass is 10.5. The van der Waals surface area contributed by atoms with Gasteiger partial charge in [0.05, 0.1) is 24.8 Å². The minimum absolute atomic E-state index is 0.694. The van der Waals surface area contributed by atoms with E-state index in [4.69, 9.17) is 0 Å². The summed E-state index contributed by atoms with van der Waals surface area (Å²) in [5, 5.41) is 7.49. The normalized spacial score (nSPS) is 10.2. The maximum atomic E-state index is 3.89. The van der Waals surface area contributed by atoms with Gasteiger partial charge in [-0.15, -0.1) is 5.10 Å². The van der Waals surface area contributed by atoms with Crippen molar-refractivity contribution >= 4 is 0 Å². The fourth-order valence-corrected chi connectivity index (χ4v) is 0.863. The quantitative estimate of drug-likeness (QED) is 0.656. The van der Waals surface area contributed by atoms with E-state index in [0.717, 1.165) is 5.69 Å². The van der Waals surface area contributed by atoms with Crippen LogP contribution in [0.4, 0.5) is 0 Å². The summed E-state index contributed by atoms with van der Waals surface area (Å²) in [6.07, 6.45) is 6.87. The Morgan fingerprint density at radius 1 is 1.55 bits per heavy atom. The van der Waals surface area contributed by atoms with Crippen molar-refractivity contribution in [2.75, 3.05) is 0 Å². The number of hydrogen-bond acceptors (Lipinski definition) is 3. The second kappa shape index (κ2) is 2.53. The maximum absolute atomic E-state index is 3.89. The summed E-state index contributed by atoms with van der Waals surface area (Å²) < 4.78 is 1.73. The summed E-state index contributed by atoms with van der Waals surface area (Å²) in [5.74, 6) is 0. The third-order valence-electron chi connectivity index (χ3n) is 1.36. The Kier molecular flexibility index (Phi) is 1.40. The molecule has 2 heterocycles. The number of nitrogens with one attached hydrogen (secondary N) is 1. The van der Waals surface area contributed by atoms with Gasteiger partial charge in [0.1, 0.15) is 0 Å². The van der Waals surface area contributed by atoms with Gasteiger partial charge in [-0.3, -0.25) is 0 Å². The minimum Gasteiger partial charge on any atom is -0.347 e. The smallest absolute Gasteiger partial charge is 0.0922 e. The summed E-state index contributed by atoms with van der Waals surface area (Å²) in [7, 11) is 0. The fourth-order valence-electron chi connectivity index (χ4n) is 0.863. The van der Waals surface area contributed by atoms with Gasteiger partial charge < -0.3 is 4.98 Å². The van der Waals surface area contributed by atoms with Crippen LogP contribution in [0.5, 0.6) is 0 Å². The van der Waals surface area contributed by atoms with Gasteiger partial charge in [-0.2, -0.15) is 0 Å². The van der Waals surface area contributed by atoms with Crippen LogP contribution in [0, 0.1) is 0 Å². The van der Waals surface area contributed by atoms with Crippen molar-refractivity contribution in [3.8, 4) is 0 Å². The number of aromatic nitrogens is 5. The number of aromatic amines is 1. The van der Waals surface area contributed by atoms with Crippen molar-refractivity contribution in [3.05, 3.63) is 30.6 Å². The molecule has 0 saturated carbocycles. The predicted molar refractivity (Wildman–Crippen MR) is 37.7 cm³/mol. The Morgan fingerprint density at radius 3 is 3.18 bits per heavy atom. The van der Waals surface area contributed by atoms with Crippen molar-refractivity contribution in [1.29, 1.82) is 0 Å². The first-order valence-corrected chi connectivity index (χ1v) is 3.26. The fraction of sp³-hybridized carbons (Fsp3) is 0.167. The van der Waals surface area contributed by atoms with Crippen molar-refractivity contribution in [3.63, 3.8) is 0 Å². The van der Waals surface area contributed by atoms with Gasteiger partial charge in [-0.1, -0.05) is 5.21 Å². The van der Waals surface area contributed by atoms with Gasteiger partial charge in [-0.05, 0) is 0 Å². The van der Waals surface area contributed by atoms with Crippen LogP contribution in [0.25, 0.3) is 0 Å². The Balaban J connectivity index is 2.14. The SMILES string of the molecule is c1cn(Cc2cnc[nH]2)nn1. The second-order valence-electron chi connectivity index (χ2n) is 2.18. The van der Waals surface area contributed by atoms with E-state index in [1.807, 2.05) is 0 Å². The van der Waals surface area contributed by atoms with E-state index in [0.29, 0.717) is 6.54 Å². The minimum atomic E-state index is 0.694. The van der Waals surface area contributed by atoms with Gasteiger partial charge in [0.25, 0.3) is 0 Å². The highest BCUT2D eigenvalue weighted by molar-refractivity contribution is 4.94. The number of imidazole rings is 1.